The van der Waals surface area contributed by atoms with Crippen molar-refractivity contribution >= 4 is 41.2 Å². The lowest BCUT2D eigenvalue weighted by atomic mass is 9.99. The van der Waals surface area contributed by atoms with Crippen molar-refractivity contribution in [1.82, 2.24) is 10.6 Å². The fraction of sp³-hybridized carbons (Fsp3) is 0.632. The number of aliphatic hydroxyl groups is 1. The van der Waals surface area contributed by atoms with Gasteiger partial charge in [-0.1, -0.05) is 130 Å². The van der Waals surface area contributed by atoms with E-state index in [0.29, 0.717) is 25.2 Å². The van der Waals surface area contributed by atoms with Gasteiger partial charge in [0.2, 0.25) is 18.2 Å². The molecular weight excluding hydrogens is 611 g/mol. The number of aldehydes is 1. The second kappa shape index (κ2) is 41.1. The lowest BCUT2D eigenvalue weighted by Crippen LogP contribution is -2.21. The number of amides is 3. The van der Waals surface area contributed by atoms with Gasteiger partial charge in [0.15, 0.2) is 0 Å². The first-order chi connectivity index (χ1) is 22.2. The maximum Gasteiger partial charge on any atom is 0.217 e. The summed E-state index contributed by atoms with van der Waals surface area (Å²) in [7, 11) is 0. The number of carbonyl (C=O) groups excluding carboxylic acids is 4. The normalized spacial score (nSPS) is 10.6. The van der Waals surface area contributed by atoms with E-state index < -0.39 is 0 Å². The van der Waals surface area contributed by atoms with Crippen molar-refractivity contribution in [3.63, 3.8) is 0 Å². The quantitative estimate of drug-likeness (QED) is 0.137. The van der Waals surface area contributed by atoms with Gasteiger partial charge in [0, 0.05) is 24.8 Å². The first kappa shape index (κ1) is 53.6. The minimum Gasteiger partial charge on any atom is -0.393 e. The van der Waals surface area contributed by atoms with Crippen LogP contribution in [0.25, 0.3) is 4.91 Å². The molecule has 1 aromatic carbocycles. The molecule has 0 radical (unpaired) electrons. The van der Waals surface area contributed by atoms with Gasteiger partial charge in [0.05, 0.1) is 12.6 Å². The molecule has 0 aromatic heterocycles. The molecule has 0 saturated carbocycles. The molecule has 1 aromatic rings. The largest absolute Gasteiger partial charge is 0.393 e. The van der Waals surface area contributed by atoms with Gasteiger partial charge in [-0.25, -0.2) is 0 Å². The van der Waals surface area contributed by atoms with Gasteiger partial charge in [-0.05, 0) is 61.5 Å². The van der Waals surface area contributed by atoms with Crippen LogP contribution in [-0.4, -0.2) is 42.3 Å². The zero-order chi connectivity index (χ0) is 37.6. The van der Waals surface area contributed by atoms with Crippen molar-refractivity contribution in [3.05, 3.63) is 52.4 Å². The monoisotopic (exact) mass is 682 g/mol. The number of hydrogen-bond donors (Lipinski definition) is 4. The van der Waals surface area contributed by atoms with Crippen molar-refractivity contribution in [3.8, 4) is 0 Å². The Labute approximate surface area is 293 Å². The van der Waals surface area contributed by atoms with Crippen molar-refractivity contribution in [2.24, 2.45) is 17.6 Å². The minimum absolute atomic E-state index is 0.0556. The lowest BCUT2D eigenvalue weighted by Gasteiger charge is -2.13. The number of allylic oxidation sites excluding steroid dienone is 2. The second-order valence-corrected chi connectivity index (χ2v) is 12.2. The Kier molecular flexibility index (Phi) is 46.9. The Balaban J connectivity index is -0.000000176. The molecule has 0 heterocycles. The van der Waals surface area contributed by atoms with Crippen LogP contribution in [0.5, 0.6) is 0 Å². The minimum atomic E-state index is -0.245. The highest BCUT2D eigenvalue weighted by Crippen LogP contribution is 2.31. The number of carbonyl (C=O) groups is 4. The molecule has 0 aliphatic carbocycles. The number of hydrogen-bond acceptors (Lipinski definition) is 6. The average molecular weight is 682 g/mol. The van der Waals surface area contributed by atoms with Crippen LogP contribution in [0.15, 0.2) is 41.3 Å². The molecule has 274 valence electrons. The van der Waals surface area contributed by atoms with E-state index in [1.807, 2.05) is 13.8 Å². The summed E-state index contributed by atoms with van der Waals surface area (Å²) >= 11 is 1.76. The Morgan fingerprint density at radius 3 is 1.79 bits per heavy atom. The SMILES string of the molecule is CC.CC(=O)NCC=O.CC(C)C.CC/C=C\SC(=C(C)C)c1ccc(CNC=O)cc1.CCC(N)=O.CCCC(O)CC(C)CC. The van der Waals surface area contributed by atoms with Crippen LogP contribution >= 0.6 is 11.8 Å². The van der Waals surface area contributed by atoms with E-state index in [0.717, 1.165) is 43.6 Å². The van der Waals surface area contributed by atoms with Crippen molar-refractivity contribution in [2.45, 2.75) is 141 Å². The van der Waals surface area contributed by atoms with Crippen molar-refractivity contribution in [2.75, 3.05) is 6.54 Å². The van der Waals surface area contributed by atoms with Crippen LogP contribution in [0.2, 0.25) is 0 Å². The highest BCUT2D eigenvalue weighted by Gasteiger charge is 2.06. The van der Waals surface area contributed by atoms with Gasteiger partial charge >= 0.3 is 0 Å². The molecule has 2 unspecified atom stereocenters. The number of nitrogens with two attached hydrogens (primary N) is 1. The molecule has 0 aliphatic rings. The second-order valence-electron chi connectivity index (χ2n) is 11.3. The van der Waals surface area contributed by atoms with Gasteiger partial charge in [-0.15, -0.1) is 0 Å². The first-order valence-corrected chi connectivity index (χ1v) is 17.9. The summed E-state index contributed by atoms with van der Waals surface area (Å²) in [5.74, 6) is 1.10. The molecule has 2 atom stereocenters. The van der Waals surface area contributed by atoms with Crippen LogP contribution in [0.1, 0.15) is 140 Å². The van der Waals surface area contributed by atoms with E-state index in [9.17, 15) is 24.3 Å². The van der Waals surface area contributed by atoms with Gasteiger partial charge in [0.25, 0.3) is 0 Å². The third-order valence-electron chi connectivity index (χ3n) is 5.35. The Morgan fingerprint density at radius 2 is 1.47 bits per heavy atom. The van der Waals surface area contributed by atoms with Gasteiger partial charge in [-0.3, -0.25) is 14.4 Å². The molecule has 5 N–H and O–H groups in total. The van der Waals surface area contributed by atoms with E-state index in [4.69, 9.17) is 0 Å². The number of thioether (sulfide) groups is 1. The van der Waals surface area contributed by atoms with Crippen LogP contribution in [0.3, 0.4) is 0 Å². The maximum atomic E-state index is 10.3. The van der Waals surface area contributed by atoms with Gasteiger partial charge in [-0.2, -0.15) is 0 Å². The van der Waals surface area contributed by atoms with Crippen LogP contribution in [-0.2, 0) is 25.7 Å². The molecule has 8 nitrogen and oxygen atoms in total. The van der Waals surface area contributed by atoms with E-state index in [-0.39, 0.29) is 24.5 Å². The van der Waals surface area contributed by atoms with Crippen molar-refractivity contribution in [1.29, 1.82) is 0 Å². The summed E-state index contributed by atoms with van der Waals surface area (Å²) in [6.45, 7) is 27.2. The predicted molar refractivity (Wildman–Crippen MR) is 206 cm³/mol. The molecule has 1 rings (SSSR count). The molecule has 3 amide bonds. The summed E-state index contributed by atoms with van der Waals surface area (Å²) < 4.78 is 0. The summed E-state index contributed by atoms with van der Waals surface area (Å²) in [6.07, 6.45) is 9.19. The predicted octanol–water partition coefficient (Wildman–Crippen LogP) is 8.82. The summed E-state index contributed by atoms with van der Waals surface area (Å²) in [6, 6.07) is 8.33. The molecular formula is C38H71N3O5S. The fourth-order valence-corrected chi connectivity index (χ4v) is 3.82. The number of benzene rings is 1. The Morgan fingerprint density at radius 1 is 0.957 bits per heavy atom. The van der Waals surface area contributed by atoms with E-state index in [1.165, 1.54) is 29.4 Å². The van der Waals surface area contributed by atoms with Crippen LogP contribution < -0.4 is 16.4 Å². The first-order valence-electron chi connectivity index (χ1n) is 17.1. The maximum absolute atomic E-state index is 10.3. The smallest absolute Gasteiger partial charge is 0.217 e. The van der Waals surface area contributed by atoms with E-state index in [1.54, 1.807) is 18.7 Å². The van der Waals surface area contributed by atoms with E-state index >= 15 is 0 Å². The summed E-state index contributed by atoms with van der Waals surface area (Å²) in [5, 5.41) is 16.5. The van der Waals surface area contributed by atoms with Crippen LogP contribution in [0.4, 0.5) is 0 Å². The fourth-order valence-electron chi connectivity index (χ4n) is 2.89. The van der Waals surface area contributed by atoms with E-state index in [2.05, 4.69) is 114 Å². The molecule has 0 spiro atoms. The summed E-state index contributed by atoms with van der Waals surface area (Å²) in [4.78, 5) is 40.6. The van der Waals surface area contributed by atoms with Crippen molar-refractivity contribution < 1.29 is 24.3 Å². The average Bonchev–Trinajstić information content (AvgIpc) is 3.03. The molecule has 47 heavy (non-hydrogen) atoms. The third-order valence-corrected chi connectivity index (χ3v) is 6.56. The Hall–Kier alpha value is -2.91. The number of aliphatic hydroxyl groups excluding tert-OH is 1. The molecule has 0 fully saturated rings. The number of nitrogens with one attached hydrogen (secondary N) is 2. The summed E-state index contributed by atoms with van der Waals surface area (Å²) in [5.41, 5.74) is 8.29. The Bertz CT molecular complexity index is 925. The molecule has 9 heteroatoms. The standard InChI is InChI=1S/C16H21NOS.C9H20O.C4H7NO2.C4H10.C3H7NO.C2H6/c1-4-5-10-19-16(13(2)3)15-8-6-14(7-9-15)11-17-12-18;1-4-6-9(10)7-8(3)5-2;1-4(7)5-2-3-6;1-4(2)3;1-2-3(4)5;1-2/h5-10,12H,4,11H2,1-3H3,(H,17,18);8-10H,4-7H2,1-3H3;3H,2H2,1H3,(H,5,7);4H,1-3H3;2H2,1H3,(H2,4,5);1-2H3/b10-5-;;;;;. The van der Waals surface area contributed by atoms with Gasteiger partial charge < -0.3 is 26.3 Å². The number of primary amides is 1. The zero-order valence-corrected chi connectivity index (χ0v) is 32.9. The van der Waals surface area contributed by atoms with Crippen LogP contribution in [0, 0.1) is 11.8 Å². The molecule has 0 bridgehead atoms. The highest BCUT2D eigenvalue weighted by molar-refractivity contribution is 8.10. The zero-order valence-electron chi connectivity index (χ0n) is 32.1. The molecule has 0 saturated heterocycles. The third kappa shape index (κ3) is 47.6. The molecule has 0 aliphatic heterocycles. The highest BCUT2D eigenvalue weighted by atomic mass is 32.2. The van der Waals surface area contributed by atoms with Gasteiger partial charge in [0.1, 0.15) is 6.29 Å². The lowest BCUT2D eigenvalue weighted by molar-refractivity contribution is -0.120. The topological polar surface area (TPSA) is 139 Å². The number of rotatable bonds is 15.